The molecule has 5 nitrogen and oxygen atoms in total. The molecule has 21 heavy (non-hydrogen) atoms. The lowest BCUT2D eigenvalue weighted by Gasteiger charge is -2.09. The zero-order valence-electron chi connectivity index (χ0n) is 11.2. The van der Waals surface area contributed by atoms with Gasteiger partial charge in [0.05, 0.1) is 6.54 Å². The Morgan fingerprint density at radius 3 is 3.00 bits per heavy atom. The lowest BCUT2D eigenvalue weighted by Crippen LogP contribution is -2.15. The van der Waals surface area contributed by atoms with E-state index in [2.05, 4.69) is 0 Å². The van der Waals surface area contributed by atoms with Gasteiger partial charge in [-0.2, -0.15) is 0 Å². The van der Waals surface area contributed by atoms with Crippen LogP contribution in [0.1, 0.15) is 5.69 Å². The number of hydrogen-bond acceptors (Lipinski definition) is 3. The number of carbonyl (C=O) groups is 1. The smallest absolute Gasteiger partial charge is 0.267 e. The summed E-state index contributed by atoms with van der Waals surface area (Å²) >= 11 is 5.88. The highest BCUT2D eigenvalue weighted by Crippen LogP contribution is 2.17. The maximum Gasteiger partial charge on any atom is 0.267 e. The number of hydroxylamine groups is 1. The Hall–Kier alpha value is -2.24. The van der Waals surface area contributed by atoms with E-state index < -0.39 is 5.91 Å². The molecule has 0 aliphatic rings. The van der Waals surface area contributed by atoms with Crippen molar-refractivity contribution in [3.05, 3.63) is 59.4 Å². The van der Waals surface area contributed by atoms with Crippen molar-refractivity contribution in [1.29, 1.82) is 0 Å². The molecule has 2 N–H and O–H groups in total. The van der Waals surface area contributed by atoms with Crippen molar-refractivity contribution in [3.63, 3.8) is 0 Å². The van der Waals surface area contributed by atoms with Crippen LogP contribution in [0.15, 0.2) is 48.7 Å². The monoisotopic (exact) mass is 306 g/mol. The molecule has 0 fully saturated rings. The molecular weight excluding hydrogens is 292 g/mol. The Balaban J connectivity index is 1.91. The van der Waals surface area contributed by atoms with Crippen LogP contribution in [0.3, 0.4) is 0 Å². The van der Waals surface area contributed by atoms with E-state index in [1.54, 1.807) is 23.7 Å². The van der Waals surface area contributed by atoms with Gasteiger partial charge in [-0.1, -0.05) is 17.7 Å². The topological polar surface area (TPSA) is 63.5 Å². The summed E-state index contributed by atoms with van der Waals surface area (Å²) in [5, 5.41) is 9.07. The fourth-order valence-electron chi connectivity index (χ4n) is 1.80. The summed E-state index contributed by atoms with van der Waals surface area (Å²) in [4.78, 5) is 11.0. The van der Waals surface area contributed by atoms with Crippen molar-refractivity contribution in [3.8, 4) is 5.75 Å². The summed E-state index contributed by atoms with van der Waals surface area (Å²) in [7, 11) is 0. The quantitative estimate of drug-likeness (QED) is 0.490. The maximum atomic E-state index is 11.0. The highest BCUT2D eigenvalue weighted by atomic mass is 35.5. The third-order valence-corrected chi connectivity index (χ3v) is 3.01. The number of ether oxygens (including phenoxy) is 1. The van der Waals surface area contributed by atoms with Crippen molar-refractivity contribution in [1.82, 2.24) is 10.0 Å². The number of benzene rings is 1. The van der Waals surface area contributed by atoms with Crippen molar-refractivity contribution in [2.24, 2.45) is 0 Å². The molecule has 0 unspecified atom stereocenters. The summed E-state index contributed by atoms with van der Waals surface area (Å²) in [6.45, 7) is 1.10. The zero-order valence-corrected chi connectivity index (χ0v) is 12.0. The van der Waals surface area contributed by atoms with Gasteiger partial charge in [0, 0.05) is 23.0 Å². The lowest BCUT2D eigenvalue weighted by molar-refractivity contribution is -0.124. The molecule has 6 heteroatoms. The molecule has 1 aromatic heterocycles. The molecule has 0 radical (unpaired) electrons. The lowest BCUT2D eigenvalue weighted by atomic mass is 10.3. The Morgan fingerprint density at radius 2 is 2.24 bits per heavy atom. The van der Waals surface area contributed by atoms with Crippen LogP contribution in [-0.4, -0.2) is 22.3 Å². The third kappa shape index (κ3) is 4.66. The molecule has 1 aromatic carbocycles. The van der Waals surface area contributed by atoms with Crippen molar-refractivity contribution in [2.75, 3.05) is 6.61 Å². The predicted molar refractivity (Wildman–Crippen MR) is 80.3 cm³/mol. The molecule has 2 aromatic rings. The Morgan fingerprint density at radius 1 is 1.38 bits per heavy atom. The number of rotatable bonds is 6. The van der Waals surface area contributed by atoms with Crippen LogP contribution >= 0.6 is 11.6 Å². The third-order valence-electron chi connectivity index (χ3n) is 2.78. The van der Waals surface area contributed by atoms with Gasteiger partial charge < -0.3 is 9.30 Å². The molecule has 0 saturated heterocycles. The molecule has 0 spiro atoms. The van der Waals surface area contributed by atoms with E-state index in [4.69, 9.17) is 21.5 Å². The predicted octanol–water partition coefficient (Wildman–Crippen LogP) is 2.74. The van der Waals surface area contributed by atoms with Gasteiger partial charge in [0.1, 0.15) is 12.4 Å². The summed E-state index contributed by atoms with van der Waals surface area (Å²) in [5.41, 5.74) is 2.39. The molecule has 2 rings (SSSR count). The summed E-state index contributed by atoms with van der Waals surface area (Å²) < 4.78 is 7.55. The van der Waals surface area contributed by atoms with E-state index in [0.717, 1.165) is 5.69 Å². The Kier molecular flexibility index (Phi) is 5.43. The largest absolute Gasteiger partial charge is 0.492 e. The van der Waals surface area contributed by atoms with Gasteiger partial charge in [-0.3, -0.25) is 10.0 Å². The molecule has 1 heterocycles. The van der Waals surface area contributed by atoms with Gasteiger partial charge in [-0.15, -0.1) is 0 Å². The van der Waals surface area contributed by atoms with E-state index in [1.807, 2.05) is 35.0 Å². The van der Waals surface area contributed by atoms with E-state index >= 15 is 0 Å². The second kappa shape index (κ2) is 7.52. The van der Waals surface area contributed by atoms with Gasteiger partial charge in [-0.25, -0.2) is 5.48 Å². The van der Waals surface area contributed by atoms with Crippen LogP contribution in [-0.2, 0) is 11.3 Å². The molecule has 0 bridgehead atoms. The van der Waals surface area contributed by atoms with Crippen LogP contribution < -0.4 is 10.2 Å². The van der Waals surface area contributed by atoms with Crippen molar-refractivity contribution in [2.45, 2.75) is 6.54 Å². The van der Waals surface area contributed by atoms with Gasteiger partial charge in [-0.05, 0) is 36.4 Å². The number of hydrogen-bond donors (Lipinski definition) is 2. The van der Waals surface area contributed by atoms with Crippen LogP contribution in [0.25, 0.3) is 6.08 Å². The second-order valence-electron chi connectivity index (χ2n) is 4.24. The van der Waals surface area contributed by atoms with Crippen LogP contribution in [0.5, 0.6) is 5.75 Å². The number of amides is 1. The minimum atomic E-state index is -0.571. The minimum absolute atomic E-state index is 0.474. The number of nitrogens with one attached hydrogen (secondary N) is 1. The number of carbonyl (C=O) groups excluding carboxylic acids is 1. The van der Waals surface area contributed by atoms with Gasteiger partial charge >= 0.3 is 0 Å². The average molecular weight is 307 g/mol. The average Bonchev–Trinajstić information content (AvgIpc) is 2.92. The van der Waals surface area contributed by atoms with Crippen LogP contribution in [0.2, 0.25) is 5.02 Å². The highest BCUT2D eigenvalue weighted by Gasteiger charge is 2.00. The van der Waals surface area contributed by atoms with Gasteiger partial charge in [0.2, 0.25) is 0 Å². The molecule has 0 saturated carbocycles. The van der Waals surface area contributed by atoms with Crippen molar-refractivity contribution < 1.29 is 14.7 Å². The molecule has 0 aliphatic carbocycles. The fraction of sp³-hybridized carbons (Fsp3) is 0.133. The Bertz CT molecular complexity index is 637. The van der Waals surface area contributed by atoms with Gasteiger partial charge in [0.15, 0.2) is 0 Å². The molecule has 0 atom stereocenters. The normalized spacial score (nSPS) is 10.8. The van der Waals surface area contributed by atoms with Crippen LogP contribution in [0.4, 0.5) is 0 Å². The zero-order chi connectivity index (χ0) is 15.1. The maximum absolute atomic E-state index is 11.0. The van der Waals surface area contributed by atoms with E-state index in [9.17, 15) is 4.79 Å². The minimum Gasteiger partial charge on any atom is -0.492 e. The first-order valence-corrected chi connectivity index (χ1v) is 6.72. The van der Waals surface area contributed by atoms with E-state index in [1.165, 1.54) is 6.08 Å². The molecule has 110 valence electrons. The molecule has 0 aliphatic heterocycles. The van der Waals surface area contributed by atoms with Gasteiger partial charge in [0.25, 0.3) is 5.91 Å². The molecular formula is C15H15ClN2O3. The number of nitrogens with zero attached hydrogens (tertiary/aromatic N) is 1. The fourth-order valence-corrected chi connectivity index (χ4v) is 1.98. The first-order valence-electron chi connectivity index (χ1n) is 6.34. The van der Waals surface area contributed by atoms with E-state index in [-0.39, 0.29) is 0 Å². The standard InChI is InChI=1S/C15H15ClN2O3/c16-12-3-1-5-14(11-12)21-10-9-18-8-2-4-13(18)6-7-15(19)17-20/h1-8,11,20H,9-10H2,(H,17,19)/b7-6+. The van der Waals surface area contributed by atoms with Crippen LogP contribution in [0, 0.1) is 0 Å². The number of aromatic nitrogens is 1. The SMILES string of the molecule is O=C(/C=C/c1cccn1CCOc1cccc(Cl)c1)NO. The first-order chi connectivity index (χ1) is 10.2. The molecule has 1 amide bonds. The van der Waals surface area contributed by atoms with Crippen molar-refractivity contribution >= 4 is 23.6 Å². The Labute approximate surface area is 127 Å². The second-order valence-corrected chi connectivity index (χ2v) is 4.68. The summed E-state index contributed by atoms with van der Waals surface area (Å²) in [5.74, 6) is 0.143. The summed E-state index contributed by atoms with van der Waals surface area (Å²) in [6.07, 6.45) is 4.76. The first kappa shape index (κ1) is 15.2. The number of halogens is 1. The summed E-state index contributed by atoms with van der Waals surface area (Å²) in [6, 6.07) is 10.9. The highest BCUT2D eigenvalue weighted by molar-refractivity contribution is 6.30. The van der Waals surface area contributed by atoms with E-state index in [0.29, 0.717) is 23.9 Å².